The summed E-state index contributed by atoms with van der Waals surface area (Å²) in [6.45, 7) is 9.47. The Kier molecular flexibility index (Phi) is 2.37. The third-order valence-corrected chi connectivity index (χ3v) is 3.83. The SMILES string of the molecule is CCN1CCC(NC2(C)CC2)C1C. The molecular formula is C11H22N2. The first-order chi connectivity index (χ1) is 6.14. The van der Waals surface area contributed by atoms with Crippen molar-refractivity contribution in [3.63, 3.8) is 0 Å². The van der Waals surface area contributed by atoms with Crippen LogP contribution in [0.4, 0.5) is 0 Å². The third kappa shape index (κ3) is 1.89. The predicted octanol–water partition coefficient (Wildman–Crippen LogP) is 1.61. The number of likely N-dealkylation sites (tertiary alicyclic amines) is 1. The molecule has 2 aliphatic rings. The van der Waals surface area contributed by atoms with Crippen molar-refractivity contribution >= 4 is 0 Å². The van der Waals surface area contributed by atoms with Gasteiger partial charge < -0.3 is 5.32 Å². The Hall–Kier alpha value is -0.0800. The molecule has 0 amide bonds. The lowest BCUT2D eigenvalue weighted by Crippen LogP contribution is -2.45. The normalized spacial score (nSPS) is 38.1. The Labute approximate surface area is 81.7 Å². The average molecular weight is 182 g/mol. The van der Waals surface area contributed by atoms with Crippen LogP contribution in [0.3, 0.4) is 0 Å². The van der Waals surface area contributed by atoms with E-state index < -0.39 is 0 Å². The molecule has 76 valence electrons. The number of nitrogens with zero attached hydrogens (tertiary/aromatic N) is 1. The van der Waals surface area contributed by atoms with Crippen molar-refractivity contribution in [3.8, 4) is 0 Å². The van der Waals surface area contributed by atoms with Gasteiger partial charge in [0.05, 0.1) is 0 Å². The molecule has 0 radical (unpaired) electrons. The first kappa shape index (κ1) is 9.47. The van der Waals surface area contributed by atoms with Crippen LogP contribution < -0.4 is 5.32 Å². The lowest BCUT2D eigenvalue weighted by molar-refractivity contribution is 0.254. The van der Waals surface area contributed by atoms with Crippen molar-refractivity contribution in [1.29, 1.82) is 0 Å². The van der Waals surface area contributed by atoms with Crippen LogP contribution in [-0.2, 0) is 0 Å². The lowest BCUT2D eigenvalue weighted by Gasteiger charge is -2.26. The van der Waals surface area contributed by atoms with E-state index in [4.69, 9.17) is 0 Å². The molecule has 0 aromatic heterocycles. The van der Waals surface area contributed by atoms with Gasteiger partial charge in [-0.05, 0) is 39.7 Å². The van der Waals surface area contributed by atoms with E-state index in [9.17, 15) is 0 Å². The van der Waals surface area contributed by atoms with E-state index in [-0.39, 0.29) is 0 Å². The minimum atomic E-state index is 0.503. The molecule has 2 fully saturated rings. The second-order valence-corrected chi connectivity index (χ2v) is 4.97. The Morgan fingerprint density at radius 2 is 2.15 bits per heavy atom. The van der Waals surface area contributed by atoms with Gasteiger partial charge in [-0.15, -0.1) is 0 Å². The molecule has 1 heterocycles. The van der Waals surface area contributed by atoms with Crippen LogP contribution in [0.2, 0.25) is 0 Å². The van der Waals surface area contributed by atoms with E-state index in [2.05, 4.69) is 31.0 Å². The van der Waals surface area contributed by atoms with E-state index in [0.29, 0.717) is 5.54 Å². The summed E-state index contributed by atoms with van der Waals surface area (Å²) in [5.41, 5.74) is 0.503. The zero-order chi connectivity index (χ0) is 9.47. The molecule has 1 N–H and O–H groups in total. The van der Waals surface area contributed by atoms with E-state index in [1.807, 2.05) is 0 Å². The maximum absolute atomic E-state index is 3.80. The number of hydrogen-bond donors (Lipinski definition) is 1. The summed E-state index contributed by atoms with van der Waals surface area (Å²) in [5.74, 6) is 0. The standard InChI is InChI=1S/C11H22N2/c1-4-13-8-5-10(9(13)2)12-11(3)6-7-11/h9-10,12H,4-8H2,1-3H3. The molecule has 1 aliphatic carbocycles. The molecule has 0 bridgehead atoms. The molecule has 0 aromatic rings. The second-order valence-electron chi connectivity index (χ2n) is 4.97. The zero-order valence-electron chi connectivity index (χ0n) is 9.14. The van der Waals surface area contributed by atoms with Gasteiger partial charge in [-0.3, -0.25) is 4.90 Å². The van der Waals surface area contributed by atoms with E-state index >= 15 is 0 Å². The summed E-state index contributed by atoms with van der Waals surface area (Å²) in [6.07, 6.45) is 4.09. The largest absolute Gasteiger partial charge is 0.307 e. The first-order valence-electron chi connectivity index (χ1n) is 5.66. The predicted molar refractivity (Wildman–Crippen MR) is 55.9 cm³/mol. The zero-order valence-corrected chi connectivity index (χ0v) is 9.14. The van der Waals surface area contributed by atoms with E-state index in [1.54, 1.807) is 0 Å². The summed E-state index contributed by atoms with van der Waals surface area (Å²) >= 11 is 0. The van der Waals surface area contributed by atoms with Gasteiger partial charge in [0.1, 0.15) is 0 Å². The van der Waals surface area contributed by atoms with Gasteiger partial charge in [-0.1, -0.05) is 6.92 Å². The van der Waals surface area contributed by atoms with Gasteiger partial charge in [-0.2, -0.15) is 0 Å². The summed E-state index contributed by atoms with van der Waals surface area (Å²) in [7, 11) is 0. The van der Waals surface area contributed by atoms with Crippen molar-refractivity contribution in [2.45, 2.75) is 57.7 Å². The first-order valence-corrected chi connectivity index (χ1v) is 5.66. The van der Waals surface area contributed by atoms with Gasteiger partial charge >= 0.3 is 0 Å². The van der Waals surface area contributed by atoms with Crippen LogP contribution in [0.15, 0.2) is 0 Å². The van der Waals surface area contributed by atoms with Crippen molar-refractivity contribution in [3.05, 3.63) is 0 Å². The molecule has 2 nitrogen and oxygen atoms in total. The fraction of sp³-hybridized carbons (Fsp3) is 1.00. The molecule has 2 unspecified atom stereocenters. The molecule has 1 saturated carbocycles. The van der Waals surface area contributed by atoms with E-state index in [1.165, 1.54) is 32.4 Å². The van der Waals surface area contributed by atoms with Gasteiger partial charge in [0, 0.05) is 24.2 Å². The molecule has 2 rings (SSSR count). The third-order valence-electron chi connectivity index (χ3n) is 3.83. The highest BCUT2D eigenvalue weighted by Gasteiger charge is 2.41. The Balaban J connectivity index is 1.87. The average Bonchev–Trinajstić information content (AvgIpc) is 2.72. The van der Waals surface area contributed by atoms with Gasteiger partial charge in [0.15, 0.2) is 0 Å². The number of hydrogen-bond acceptors (Lipinski definition) is 2. The monoisotopic (exact) mass is 182 g/mol. The fourth-order valence-electron chi connectivity index (χ4n) is 2.42. The van der Waals surface area contributed by atoms with Crippen LogP contribution in [-0.4, -0.2) is 35.6 Å². The van der Waals surface area contributed by atoms with Crippen LogP contribution >= 0.6 is 0 Å². The number of rotatable bonds is 3. The molecule has 0 aromatic carbocycles. The molecular weight excluding hydrogens is 160 g/mol. The van der Waals surface area contributed by atoms with Crippen molar-refractivity contribution in [1.82, 2.24) is 10.2 Å². The number of nitrogens with one attached hydrogen (secondary N) is 1. The van der Waals surface area contributed by atoms with Gasteiger partial charge in [0.25, 0.3) is 0 Å². The van der Waals surface area contributed by atoms with Crippen molar-refractivity contribution in [2.75, 3.05) is 13.1 Å². The molecule has 1 aliphatic heterocycles. The smallest absolute Gasteiger partial charge is 0.0237 e. The molecule has 1 saturated heterocycles. The highest BCUT2D eigenvalue weighted by atomic mass is 15.2. The lowest BCUT2D eigenvalue weighted by atomic mass is 10.1. The number of likely N-dealkylation sites (N-methyl/N-ethyl adjacent to an activating group) is 1. The van der Waals surface area contributed by atoms with Crippen molar-refractivity contribution < 1.29 is 0 Å². The maximum atomic E-state index is 3.80. The van der Waals surface area contributed by atoms with Crippen LogP contribution in [0.5, 0.6) is 0 Å². The van der Waals surface area contributed by atoms with Crippen LogP contribution in [0.25, 0.3) is 0 Å². The Morgan fingerprint density at radius 1 is 1.46 bits per heavy atom. The summed E-state index contributed by atoms with van der Waals surface area (Å²) in [6, 6.07) is 1.48. The highest BCUT2D eigenvalue weighted by molar-refractivity contribution is 5.02. The van der Waals surface area contributed by atoms with Crippen LogP contribution in [0.1, 0.15) is 40.0 Å². The Bertz CT molecular complexity index is 187. The van der Waals surface area contributed by atoms with Gasteiger partial charge in [-0.25, -0.2) is 0 Å². The topological polar surface area (TPSA) is 15.3 Å². The van der Waals surface area contributed by atoms with E-state index in [0.717, 1.165) is 12.1 Å². The summed E-state index contributed by atoms with van der Waals surface area (Å²) in [5, 5.41) is 3.80. The second kappa shape index (κ2) is 3.25. The minimum absolute atomic E-state index is 0.503. The molecule has 0 spiro atoms. The highest BCUT2D eigenvalue weighted by Crippen LogP contribution is 2.36. The summed E-state index contributed by atoms with van der Waals surface area (Å²) in [4.78, 5) is 2.57. The minimum Gasteiger partial charge on any atom is -0.307 e. The fourth-order valence-corrected chi connectivity index (χ4v) is 2.42. The van der Waals surface area contributed by atoms with Crippen LogP contribution in [0, 0.1) is 0 Å². The van der Waals surface area contributed by atoms with Crippen molar-refractivity contribution in [2.24, 2.45) is 0 Å². The molecule has 2 atom stereocenters. The maximum Gasteiger partial charge on any atom is 0.0237 e. The molecule has 13 heavy (non-hydrogen) atoms. The molecule has 2 heteroatoms. The summed E-state index contributed by atoms with van der Waals surface area (Å²) < 4.78 is 0. The quantitative estimate of drug-likeness (QED) is 0.713. The Morgan fingerprint density at radius 3 is 2.62 bits per heavy atom. The van der Waals surface area contributed by atoms with Gasteiger partial charge in [0.2, 0.25) is 0 Å².